The van der Waals surface area contributed by atoms with Crippen molar-refractivity contribution in [3.05, 3.63) is 0 Å². The number of ether oxygens (including phenoxy) is 1. The van der Waals surface area contributed by atoms with Crippen molar-refractivity contribution in [1.82, 2.24) is 4.90 Å². The minimum Gasteiger partial charge on any atom is -0.380 e. The second-order valence-electron chi connectivity index (χ2n) is 3.59. The van der Waals surface area contributed by atoms with Crippen LogP contribution in [0.15, 0.2) is 0 Å². The summed E-state index contributed by atoms with van der Waals surface area (Å²) in [7, 11) is 4.17. The molecule has 0 saturated carbocycles. The molecule has 12 heavy (non-hydrogen) atoms. The van der Waals surface area contributed by atoms with Crippen LogP contribution in [0.3, 0.4) is 0 Å². The van der Waals surface area contributed by atoms with Crippen LogP contribution in [0.4, 0.5) is 0 Å². The highest BCUT2D eigenvalue weighted by atomic mass is 16.5. The van der Waals surface area contributed by atoms with Gasteiger partial charge in [-0.2, -0.15) is 0 Å². The zero-order chi connectivity index (χ0) is 9.40. The van der Waals surface area contributed by atoms with Crippen LogP contribution in [0.25, 0.3) is 0 Å². The summed E-state index contributed by atoms with van der Waals surface area (Å²) in [4.78, 5) is 2.18. The van der Waals surface area contributed by atoms with Crippen LogP contribution < -0.4 is 0 Å². The molecule has 0 N–H and O–H groups in total. The van der Waals surface area contributed by atoms with E-state index in [4.69, 9.17) is 4.74 Å². The lowest BCUT2D eigenvalue weighted by atomic mass is 10.3. The summed E-state index contributed by atoms with van der Waals surface area (Å²) in [5.74, 6) is 0. The van der Waals surface area contributed by atoms with Crippen molar-refractivity contribution in [3.63, 3.8) is 0 Å². The van der Waals surface area contributed by atoms with Crippen molar-refractivity contribution in [3.8, 4) is 0 Å². The highest BCUT2D eigenvalue weighted by Crippen LogP contribution is 1.97. The predicted octanol–water partition coefficient (Wildman–Crippen LogP) is 2.14. The lowest BCUT2D eigenvalue weighted by molar-refractivity contribution is 0.0834. The Morgan fingerprint density at radius 3 is 2.42 bits per heavy atom. The average Bonchev–Trinajstić information content (AvgIpc) is 2.03. The second kappa shape index (κ2) is 7.56. The quantitative estimate of drug-likeness (QED) is 0.547. The van der Waals surface area contributed by atoms with Gasteiger partial charge in [-0.25, -0.2) is 0 Å². The molecule has 0 aromatic heterocycles. The molecule has 1 atom stereocenters. The molecule has 0 bridgehead atoms. The molecule has 0 rings (SSSR count). The first kappa shape index (κ1) is 11.9. The monoisotopic (exact) mass is 173 g/mol. The normalized spacial score (nSPS) is 13.8. The molecular formula is C10H23NO. The van der Waals surface area contributed by atoms with Crippen molar-refractivity contribution in [1.29, 1.82) is 0 Å². The van der Waals surface area contributed by atoms with Crippen LogP contribution >= 0.6 is 0 Å². The summed E-state index contributed by atoms with van der Waals surface area (Å²) in [5.41, 5.74) is 0. The van der Waals surface area contributed by atoms with E-state index in [1.54, 1.807) is 0 Å². The van der Waals surface area contributed by atoms with E-state index in [1.165, 1.54) is 19.3 Å². The largest absolute Gasteiger partial charge is 0.380 e. The zero-order valence-corrected chi connectivity index (χ0v) is 8.97. The highest BCUT2D eigenvalue weighted by molar-refractivity contribution is 4.56. The van der Waals surface area contributed by atoms with Crippen LogP contribution in [0.2, 0.25) is 0 Å². The molecule has 1 unspecified atom stereocenters. The molecule has 2 heteroatoms. The van der Waals surface area contributed by atoms with Crippen LogP contribution in [0, 0.1) is 0 Å². The molecule has 0 amide bonds. The first-order valence-corrected chi connectivity index (χ1v) is 4.92. The number of likely N-dealkylation sites (N-methyl/N-ethyl adjacent to an activating group) is 1. The molecule has 74 valence electrons. The molecule has 0 aliphatic carbocycles. The first-order valence-electron chi connectivity index (χ1n) is 4.92. The van der Waals surface area contributed by atoms with Crippen molar-refractivity contribution >= 4 is 0 Å². The highest BCUT2D eigenvalue weighted by Gasteiger charge is 2.02. The average molecular weight is 173 g/mol. The predicted molar refractivity (Wildman–Crippen MR) is 53.5 cm³/mol. The van der Waals surface area contributed by atoms with E-state index in [0.717, 1.165) is 13.2 Å². The summed E-state index contributed by atoms with van der Waals surface area (Å²) in [6.45, 7) is 6.17. The third-order valence-corrected chi connectivity index (χ3v) is 2.13. The van der Waals surface area contributed by atoms with E-state index in [2.05, 4.69) is 32.8 Å². The van der Waals surface area contributed by atoms with Crippen LogP contribution in [-0.2, 0) is 4.74 Å². The van der Waals surface area contributed by atoms with Gasteiger partial charge in [0.25, 0.3) is 0 Å². The zero-order valence-electron chi connectivity index (χ0n) is 8.97. The molecule has 0 spiro atoms. The third kappa shape index (κ3) is 6.62. The lowest BCUT2D eigenvalue weighted by Gasteiger charge is -2.19. The molecule has 0 aromatic carbocycles. The molecule has 0 aliphatic heterocycles. The fourth-order valence-corrected chi connectivity index (χ4v) is 0.857. The minimum absolute atomic E-state index is 0.534. The van der Waals surface area contributed by atoms with Gasteiger partial charge in [0.2, 0.25) is 0 Å². The smallest absolute Gasteiger partial charge is 0.0618 e. The SMILES string of the molecule is CCCCCOCC(C)N(C)C. The van der Waals surface area contributed by atoms with Gasteiger partial charge in [0.05, 0.1) is 6.61 Å². The molecule has 0 saturated heterocycles. The summed E-state index contributed by atoms with van der Waals surface area (Å²) < 4.78 is 5.52. The Labute approximate surface area is 76.9 Å². The van der Waals surface area contributed by atoms with Gasteiger partial charge in [0.1, 0.15) is 0 Å². The summed E-state index contributed by atoms with van der Waals surface area (Å²) in [5, 5.41) is 0. The minimum atomic E-state index is 0.534. The van der Waals surface area contributed by atoms with Gasteiger partial charge in [0, 0.05) is 12.6 Å². The van der Waals surface area contributed by atoms with Gasteiger partial charge in [0.15, 0.2) is 0 Å². The van der Waals surface area contributed by atoms with Crippen molar-refractivity contribution in [2.24, 2.45) is 0 Å². The second-order valence-corrected chi connectivity index (χ2v) is 3.59. The van der Waals surface area contributed by atoms with Crippen LogP contribution in [-0.4, -0.2) is 38.3 Å². The number of unbranched alkanes of at least 4 members (excludes halogenated alkanes) is 2. The Morgan fingerprint density at radius 1 is 1.25 bits per heavy atom. The number of hydrogen-bond acceptors (Lipinski definition) is 2. The Morgan fingerprint density at radius 2 is 1.92 bits per heavy atom. The molecule has 0 heterocycles. The van der Waals surface area contributed by atoms with Crippen LogP contribution in [0.1, 0.15) is 33.1 Å². The van der Waals surface area contributed by atoms with Crippen molar-refractivity contribution < 1.29 is 4.74 Å². The van der Waals surface area contributed by atoms with E-state index in [1.807, 2.05) is 0 Å². The molecular weight excluding hydrogens is 150 g/mol. The summed E-state index contributed by atoms with van der Waals surface area (Å²) in [6.07, 6.45) is 3.76. The number of rotatable bonds is 7. The number of hydrogen-bond donors (Lipinski definition) is 0. The Bertz CT molecular complexity index is 93.8. The fraction of sp³-hybridized carbons (Fsp3) is 1.00. The van der Waals surface area contributed by atoms with Gasteiger partial charge in [-0.1, -0.05) is 19.8 Å². The fourth-order valence-electron chi connectivity index (χ4n) is 0.857. The van der Waals surface area contributed by atoms with E-state index in [-0.39, 0.29) is 0 Å². The lowest BCUT2D eigenvalue weighted by Crippen LogP contribution is -2.29. The van der Waals surface area contributed by atoms with Gasteiger partial charge in [-0.15, -0.1) is 0 Å². The van der Waals surface area contributed by atoms with E-state index >= 15 is 0 Å². The maximum Gasteiger partial charge on any atom is 0.0618 e. The molecule has 0 fully saturated rings. The maximum absolute atomic E-state index is 5.52. The Hall–Kier alpha value is -0.0800. The van der Waals surface area contributed by atoms with Crippen LogP contribution in [0.5, 0.6) is 0 Å². The van der Waals surface area contributed by atoms with E-state index < -0.39 is 0 Å². The molecule has 0 aromatic rings. The Kier molecular flexibility index (Phi) is 7.51. The van der Waals surface area contributed by atoms with Gasteiger partial charge >= 0.3 is 0 Å². The maximum atomic E-state index is 5.52. The summed E-state index contributed by atoms with van der Waals surface area (Å²) in [6, 6.07) is 0.534. The number of nitrogens with zero attached hydrogens (tertiary/aromatic N) is 1. The van der Waals surface area contributed by atoms with Gasteiger partial charge in [-0.05, 0) is 27.4 Å². The molecule has 0 aliphatic rings. The van der Waals surface area contributed by atoms with Gasteiger partial charge in [-0.3, -0.25) is 0 Å². The third-order valence-electron chi connectivity index (χ3n) is 2.13. The van der Waals surface area contributed by atoms with Gasteiger partial charge < -0.3 is 9.64 Å². The topological polar surface area (TPSA) is 12.5 Å². The summed E-state index contributed by atoms with van der Waals surface area (Å²) >= 11 is 0. The molecule has 2 nitrogen and oxygen atoms in total. The van der Waals surface area contributed by atoms with E-state index in [0.29, 0.717) is 6.04 Å². The standard InChI is InChI=1S/C10H23NO/c1-5-6-7-8-12-9-10(2)11(3)4/h10H,5-9H2,1-4H3. The van der Waals surface area contributed by atoms with E-state index in [9.17, 15) is 0 Å². The Balaban J connectivity index is 3.08. The van der Waals surface area contributed by atoms with Crippen molar-refractivity contribution in [2.75, 3.05) is 27.3 Å². The molecule has 0 radical (unpaired) electrons. The first-order chi connectivity index (χ1) is 5.68. The van der Waals surface area contributed by atoms with Crippen molar-refractivity contribution in [2.45, 2.75) is 39.2 Å².